The summed E-state index contributed by atoms with van der Waals surface area (Å²) in [6.07, 6.45) is -0.263. The van der Waals surface area contributed by atoms with Gasteiger partial charge in [-0.1, -0.05) is 12.1 Å². The van der Waals surface area contributed by atoms with Gasteiger partial charge in [-0.2, -0.15) is 13.2 Å². The number of benzene rings is 1. The Morgan fingerprint density at radius 1 is 1.10 bits per heavy atom. The van der Waals surface area contributed by atoms with E-state index in [-0.39, 0.29) is 5.82 Å². The third-order valence-corrected chi connectivity index (χ3v) is 4.07. The summed E-state index contributed by atoms with van der Waals surface area (Å²) in [5.41, 5.74) is 1.94. The molecule has 2 aromatic heterocycles. The summed E-state index contributed by atoms with van der Waals surface area (Å²) in [6.45, 7) is 4.23. The van der Waals surface area contributed by atoms with E-state index in [0.717, 1.165) is 23.5 Å². The molecule has 3 rings (SSSR count). The van der Waals surface area contributed by atoms with E-state index in [1.807, 2.05) is 18.2 Å². The van der Waals surface area contributed by atoms with E-state index in [0.29, 0.717) is 23.7 Å². The van der Waals surface area contributed by atoms with Crippen molar-refractivity contribution in [3.8, 4) is 17.0 Å². The molecular formula is C21H19F3N4O. The average molecular weight is 400 g/mol. The molecule has 0 amide bonds. The van der Waals surface area contributed by atoms with Crippen LogP contribution in [0.2, 0.25) is 0 Å². The maximum absolute atomic E-state index is 12.8. The number of ether oxygens (including phenoxy) is 1. The number of hydrogen-bond donors (Lipinski definition) is 2. The highest BCUT2D eigenvalue weighted by atomic mass is 19.4. The number of aromatic nitrogens is 2. The highest BCUT2D eigenvalue weighted by Gasteiger charge is 2.30. The number of methoxy groups -OCH3 is 1. The SMILES string of the molecule is C=CCNc1cc(-c2ccccn2)c(Nc2ccc(C(F)(F)F)cn2)cc1OC. The van der Waals surface area contributed by atoms with Crippen LogP contribution in [-0.4, -0.2) is 23.6 Å². The fourth-order valence-electron chi connectivity index (χ4n) is 2.68. The number of halogens is 3. The topological polar surface area (TPSA) is 59.1 Å². The number of alkyl halides is 3. The Hall–Kier alpha value is -3.55. The number of pyridine rings is 2. The molecular weight excluding hydrogens is 381 g/mol. The summed E-state index contributed by atoms with van der Waals surface area (Å²) < 4.78 is 43.8. The lowest BCUT2D eigenvalue weighted by atomic mass is 10.1. The third kappa shape index (κ3) is 4.84. The van der Waals surface area contributed by atoms with Gasteiger partial charge in [0.25, 0.3) is 0 Å². The monoisotopic (exact) mass is 400 g/mol. The average Bonchev–Trinajstić information content (AvgIpc) is 2.72. The quantitative estimate of drug-likeness (QED) is 0.512. The van der Waals surface area contributed by atoms with Gasteiger partial charge in [0.2, 0.25) is 0 Å². The Labute approximate surface area is 166 Å². The van der Waals surface area contributed by atoms with Crippen LogP contribution in [0, 0.1) is 0 Å². The van der Waals surface area contributed by atoms with Gasteiger partial charge in [-0.25, -0.2) is 4.98 Å². The Kier molecular flexibility index (Phi) is 6.01. The zero-order chi connectivity index (χ0) is 20.9. The molecule has 3 aromatic rings. The van der Waals surface area contributed by atoms with E-state index in [1.165, 1.54) is 13.2 Å². The molecule has 0 saturated carbocycles. The van der Waals surface area contributed by atoms with Crippen LogP contribution in [0.1, 0.15) is 5.56 Å². The molecule has 1 aromatic carbocycles. The fraction of sp³-hybridized carbons (Fsp3) is 0.143. The van der Waals surface area contributed by atoms with Gasteiger partial charge < -0.3 is 15.4 Å². The van der Waals surface area contributed by atoms with Gasteiger partial charge >= 0.3 is 6.18 Å². The van der Waals surface area contributed by atoms with E-state index in [1.54, 1.807) is 24.4 Å². The molecule has 0 aliphatic rings. The van der Waals surface area contributed by atoms with Crippen LogP contribution < -0.4 is 15.4 Å². The van der Waals surface area contributed by atoms with Crippen molar-refractivity contribution >= 4 is 17.2 Å². The molecule has 29 heavy (non-hydrogen) atoms. The van der Waals surface area contributed by atoms with Crippen LogP contribution in [-0.2, 0) is 6.18 Å². The zero-order valence-corrected chi connectivity index (χ0v) is 15.6. The van der Waals surface area contributed by atoms with Gasteiger partial charge in [0.15, 0.2) is 0 Å². The van der Waals surface area contributed by atoms with E-state index in [2.05, 4.69) is 27.2 Å². The van der Waals surface area contributed by atoms with Crippen molar-refractivity contribution in [3.05, 3.63) is 73.1 Å². The minimum atomic E-state index is -4.44. The minimum absolute atomic E-state index is 0.268. The third-order valence-electron chi connectivity index (χ3n) is 4.07. The van der Waals surface area contributed by atoms with Crippen molar-refractivity contribution in [3.63, 3.8) is 0 Å². The second-order valence-electron chi connectivity index (χ2n) is 6.04. The molecule has 0 fully saturated rings. The molecule has 2 heterocycles. The second kappa shape index (κ2) is 8.64. The molecule has 2 N–H and O–H groups in total. The van der Waals surface area contributed by atoms with Crippen molar-refractivity contribution in [2.75, 3.05) is 24.3 Å². The Morgan fingerprint density at radius 2 is 1.93 bits per heavy atom. The highest BCUT2D eigenvalue weighted by molar-refractivity contribution is 5.84. The first kappa shape index (κ1) is 20.2. The van der Waals surface area contributed by atoms with E-state index >= 15 is 0 Å². The van der Waals surface area contributed by atoms with Gasteiger partial charge in [0.1, 0.15) is 11.6 Å². The van der Waals surface area contributed by atoms with Crippen molar-refractivity contribution in [1.29, 1.82) is 0 Å². The van der Waals surface area contributed by atoms with Crippen molar-refractivity contribution < 1.29 is 17.9 Å². The first-order chi connectivity index (χ1) is 13.9. The van der Waals surface area contributed by atoms with Crippen molar-refractivity contribution in [2.24, 2.45) is 0 Å². The van der Waals surface area contributed by atoms with Crippen LogP contribution >= 0.6 is 0 Å². The molecule has 0 spiro atoms. The second-order valence-corrected chi connectivity index (χ2v) is 6.04. The van der Waals surface area contributed by atoms with E-state index < -0.39 is 11.7 Å². The van der Waals surface area contributed by atoms with Crippen LogP contribution in [0.15, 0.2) is 67.5 Å². The lowest BCUT2D eigenvalue weighted by Gasteiger charge is -2.17. The van der Waals surface area contributed by atoms with Gasteiger partial charge in [0, 0.05) is 30.6 Å². The van der Waals surface area contributed by atoms with Crippen molar-refractivity contribution in [1.82, 2.24) is 9.97 Å². The van der Waals surface area contributed by atoms with Crippen LogP contribution in [0.5, 0.6) is 5.75 Å². The summed E-state index contributed by atoms with van der Waals surface area (Å²) in [6, 6.07) is 11.3. The van der Waals surface area contributed by atoms with E-state index in [4.69, 9.17) is 4.74 Å². The molecule has 0 aliphatic heterocycles. The molecule has 0 aliphatic carbocycles. The van der Waals surface area contributed by atoms with Crippen LogP contribution in [0.4, 0.5) is 30.4 Å². The smallest absolute Gasteiger partial charge is 0.417 e. The minimum Gasteiger partial charge on any atom is -0.495 e. The highest BCUT2D eigenvalue weighted by Crippen LogP contribution is 2.38. The summed E-state index contributed by atoms with van der Waals surface area (Å²) >= 11 is 0. The van der Waals surface area contributed by atoms with E-state index in [9.17, 15) is 13.2 Å². The lowest BCUT2D eigenvalue weighted by Crippen LogP contribution is -2.06. The molecule has 0 atom stereocenters. The van der Waals surface area contributed by atoms with Gasteiger partial charge in [-0.15, -0.1) is 6.58 Å². The van der Waals surface area contributed by atoms with Gasteiger partial charge in [-0.3, -0.25) is 4.98 Å². The Balaban J connectivity index is 2.03. The first-order valence-corrected chi connectivity index (χ1v) is 8.71. The predicted octanol–water partition coefficient (Wildman–Crippen LogP) is 5.51. The predicted molar refractivity (Wildman–Crippen MR) is 107 cm³/mol. The lowest BCUT2D eigenvalue weighted by molar-refractivity contribution is -0.137. The largest absolute Gasteiger partial charge is 0.495 e. The Bertz CT molecular complexity index is 974. The molecule has 5 nitrogen and oxygen atoms in total. The maximum atomic E-state index is 12.8. The summed E-state index contributed by atoms with van der Waals surface area (Å²) in [5, 5.41) is 6.26. The number of anilines is 3. The first-order valence-electron chi connectivity index (χ1n) is 8.71. The summed E-state index contributed by atoms with van der Waals surface area (Å²) in [4.78, 5) is 8.26. The zero-order valence-electron chi connectivity index (χ0n) is 15.6. The van der Waals surface area contributed by atoms with Crippen LogP contribution in [0.25, 0.3) is 11.3 Å². The van der Waals surface area contributed by atoms with Gasteiger partial charge in [0.05, 0.1) is 29.7 Å². The molecule has 0 unspecified atom stereocenters. The van der Waals surface area contributed by atoms with Crippen LogP contribution in [0.3, 0.4) is 0 Å². The molecule has 0 bridgehead atoms. The summed E-state index contributed by atoms with van der Waals surface area (Å²) in [7, 11) is 1.54. The molecule has 150 valence electrons. The maximum Gasteiger partial charge on any atom is 0.417 e. The van der Waals surface area contributed by atoms with Gasteiger partial charge in [-0.05, 0) is 30.3 Å². The number of nitrogens with zero attached hydrogens (tertiary/aromatic N) is 2. The molecule has 8 heteroatoms. The number of hydrogen-bond acceptors (Lipinski definition) is 5. The Morgan fingerprint density at radius 3 is 2.52 bits per heavy atom. The normalized spacial score (nSPS) is 11.0. The summed E-state index contributed by atoms with van der Waals surface area (Å²) in [5.74, 6) is 0.824. The number of rotatable bonds is 7. The molecule has 0 saturated heterocycles. The molecule has 0 radical (unpaired) electrons. The standard InChI is InChI=1S/C21H19F3N4O/c1-3-9-25-18-11-15(16-6-4-5-10-26-16)17(12-19(18)29-2)28-20-8-7-14(13-27-20)21(22,23)24/h3-8,10-13,25H,1,9H2,2H3,(H,27,28). The fourth-order valence-corrected chi connectivity index (χ4v) is 2.68. The van der Waals surface area contributed by atoms with Crippen molar-refractivity contribution in [2.45, 2.75) is 6.18 Å². The number of nitrogens with one attached hydrogen (secondary N) is 2.